The van der Waals surface area contributed by atoms with Crippen molar-refractivity contribution in [2.24, 2.45) is 0 Å². The summed E-state index contributed by atoms with van der Waals surface area (Å²) in [6.45, 7) is 7.63. The first-order chi connectivity index (χ1) is 11.3. The molecule has 1 fully saturated rings. The molecule has 1 aliphatic rings. The SMILES string of the molecule is Cc1cc(CN2CCO[C@H](C)C2)cc2c(=O)[c]([Sn]([CH3])([CH3])[CH3])coc12. The minimum atomic E-state index is -2.48. The van der Waals surface area contributed by atoms with Crippen LogP contribution < -0.4 is 9.01 Å². The van der Waals surface area contributed by atoms with E-state index in [1.54, 1.807) is 6.26 Å². The van der Waals surface area contributed by atoms with Crippen molar-refractivity contribution in [3.8, 4) is 0 Å². The van der Waals surface area contributed by atoms with Gasteiger partial charge in [-0.05, 0) is 0 Å². The van der Waals surface area contributed by atoms with Crippen LogP contribution in [0.15, 0.2) is 27.6 Å². The quantitative estimate of drug-likeness (QED) is 0.695. The molecule has 1 aliphatic heterocycles. The van der Waals surface area contributed by atoms with Crippen LogP contribution in [-0.2, 0) is 11.3 Å². The maximum atomic E-state index is 13.0. The predicted octanol–water partition coefficient (Wildman–Crippen LogP) is 2.87. The molecular formula is C19H27NO3Sn. The summed E-state index contributed by atoms with van der Waals surface area (Å²) >= 11 is -2.48. The normalized spacial score (nSPS) is 19.8. The van der Waals surface area contributed by atoms with Crippen molar-refractivity contribution in [1.29, 1.82) is 0 Å². The van der Waals surface area contributed by atoms with Crippen LogP contribution >= 0.6 is 0 Å². The van der Waals surface area contributed by atoms with Crippen LogP contribution in [0.4, 0.5) is 0 Å². The molecule has 0 saturated carbocycles. The Morgan fingerprint density at radius 1 is 1.29 bits per heavy atom. The number of aryl methyl sites for hydroxylation is 1. The van der Waals surface area contributed by atoms with Crippen LogP contribution in [0.25, 0.3) is 11.0 Å². The second-order valence-electron chi connectivity index (χ2n) is 7.93. The first-order valence-electron chi connectivity index (χ1n) is 8.65. The molecular weight excluding hydrogens is 409 g/mol. The number of hydrogen-bond donors (Lipinski definition) is 0. The number of ether oxygens (including phenoxy) is 1. The zero-order valence-corrected chi connectivity index (χ0v) is 18.2. The van der Waals surface area contributed by atoms with Crippen molar-refractivity contribution in [3.05, 3.63) is 39.7 Å². The van der Waals surface area contributed by atoms with E-state index in [1.165, 1.54) is 5.56 Å². The topological polar surface area (TPSA) is 42.7 Å². The molecule has 1 saturated heterocycles. The fraction of sp³-hybridized carbons (Fsp3) is 0.526. The summed E-state index contributed by atoms with van der Waals surface area (Å²) < 4.78 is 12.4. The van der Waals surface area contributed by atoms with Gasteiger partial charge in [-0.25, -0.2) is 0 Å². The van der Waals surface area contributed by atoms with Crippen molar-refractivity contribution in [2.75, 3.05) is 19.7 Å². The molecule has 1 atom stereocenters. The summed E-state index contributed by atoms with van der Waals surface area (Å²) in [7, 11) is 0. The molecule has 0 radical (unpaired) electrons. The van der Waals surface area contributed by atoms with Crippen LogP contribution in [0.1, 0.15) is 18.1 Å². The van der Waals surface area contributed by atoms with Gasteiger partial charge in [-0.3, -0.25) is 0 Å². The Hall–Kier alpha value is -0.851. The van der Waals surface area contributed by atoms with Gasteiger partial charge in [0.25, 0.3) is 0 Å². The number of nitrogens with zero attached hydrogens (tertiary/aromatic N) is 1. The van der Waals surface area contributed by atoms with Crippen LogP contribution in [0.5, 0.6) is 0 Å². The summed E-state index contributed by atoms with van der Waals surface area (Å²) in [5, 5.41) is 0.746. The van der Waals surface area contributed by atoms with Crippen molar-refractivity contribution >= 4 is 32.9 Å². The van der Waals surface area contributed by atoms with Gasteiger partial charge in [-0.2, -0.15) is 0 Å². The van der Waals surface area contributed by atoms with Crippen LogP contribution in [0.3, 0.4) is 0 Å². The Bertz CT molecular complexity index is 807. The van der Waals surface area contributed by atoms with Crippen LogP contribution in [-0.4, -0.2) is 49.1 Å². The molecule has 24 heavy (non-hydrogen) atoms. The predicted molar refractivity (Wildman–Crippen MR) is 101 cm³/mol. The van der Waals surface area contributed by atoms with Gasteiger partial charge in [-0.1, -0.05) is 0 Å². The Kier molecular flexibility index (Phi) is 5.09. The molecule has 3 rings (SSSR count). The molecule has 5 heteroatoms. The minimum absolute atomic E-state index is 0.180. The third-order valence-electron chi connectivity index (χ3n) is 4.66. The molecule has 0 N–H and O–H groups in total. The van der Waals surface area contributed by atoms with Gasteiger partial charge in [0.1, 0.15) is 0 Å². The van der Waals surface area contributed by atoms with E-state index in [1.807, 2.05) is 13.0 Å². The van der Waals surface area contributed by atoms with Crippen molar-refractivity contribution in [2.45, 2.75) is 41.3 Å². The zero-order chi connectivity index (χ0) is 17.5. The summed E-state index contributed by atoms with van der Waals surface area (Å²) in [4.78, 5) is 22.1. The monoisotopic (exact) mass is 437 g/mol. The molecule has 0 unspecified atom stereocenters. The molecule has 1 aromatic carbocycles. The average Bonchev–Trinajstić information content (AvgIpc) is 2.47. The number of morpholine rings is 1. The summed E-state index contributed by atoms with van der Waals surface area (Å²) in [5.41, 5.74) is 3.14. The fourth-order valence-electron chi connectivity index (χ4n) is 3.39. The molecule has 2 aromatic rings. The third-order valence-corrected chi connectivity index (χ3v) is 10.3. The molecule has 1 aromatic heterocycles. The van der Waals surface area contributed by atoms with E-state index < -0.39 is 18.4 Å². The number of rotatable bonds is 3. The first kappa shape index (κ1) is 18.0. The molecule has 0 amide bonds. The molecule has 0 aliphatic carbocycles. The van der Waals surface area contributed by atoms with Crippen molar-refractivity contribution < 1.29 is 9.15 Å². The second-order valence-corrected chi connectivity index (χ2v) is 22.3. The van der Waals surface area contributed by atoms with Gasteiger partial charge < -0.3 is 0 Å². The van der Waals surface area contributed by atoms with E-state index in [4.69, 9.17) is 9.15 Å². The van der Waals surface area contributed by atoms with Gasteiger partial charge in [0.2, 0.25) is 0 Å². The van der Waals surface area contributed by atoms with Gasteiger partial charge in [0.05, 0.1) is 0 Å². The van der Waals surface area contributed by atoms with E-state index in [0.717, 1.165) is 46.4 Å². The van der Waals surface area contributed by atoms with Gasteiger partial charge in [0, 0.05) is 0 Å². The second kappa shape index (κ2) is 6.81. The van der Waals surface area contributed by atoms with E-state index in [2.05, 4.69) is 32.7 Å². The van der Waals surface area contributed by atoms with E-state index >= 15 is 0 Å². The van der Waals surface area contributed by atoms with Crippen LogP contribution in [0.2, 0.25) is 14.8 Å². The van der Waals surface area contributed by atoms with Gasteiger partial charge in [-0.15, -0.1) is 0 Å². The molecule has 0 bridgehead atoms. The Morgan fingerprint density at radius 2 is 2.04 bits per heavy atom. The van der Waals surface area contributed by atoms with Crippen LogP contribution in [0, 0.1) is 6.92 Å². The van der Waals surface area contributed by atoms with E-state index in [0.29, 0.717) is 0 Å². The Labute approximate surface area is 147 Å². The zero-order valence-electron chi connectivity index (χ0n) is 15.3. The molecule has 0 spiro atoms. The van der Waals surface area contributed by atoms with Crippen molar-refractivity contribution in [3.63, 3.8) is 0 Å². The summed E-state index contributed by atoms with van der Waals surface area (Å²) in [5.74, 6) is 0. The standard InChI is InChI=1S/C16H18NO3.3CH3.Sn/c1-11-7-13(10-17-4-6-19-12(2)9-17)8-14-15(18)3-5-20-16(11)14;;;;/h5,7-8,12H,4,6,9-10H2,1-2H3;3*1H3;/t12-;;;;/m1..../s1. The van der Waals surface area contributed by atoms with Gasteiger partial charge in [0.15, 0.2) is 0 Å². The third kappa shape index (κ3) is 3.70. The van der Waals surface area contributed by atoms with E-state index in [-0.39, 0.29) is 11.5 Å². The fourth-order valence-corrected chi connectivity index (χ4v) is 6.90. The maximum absolute atomic E-state index is 13.0. The summed E-state index contributed by atoms with van der Waals surface area (Å²) in [6.07, 6.45) is 1.99. The van der Waals surface area contributed by atoms with Gasteiger partial charge >= 0.3 is 148 Å². The molecule has 130 valence electrons. The number of hydrogen-bond acceptors (Lipinski definition) is 4. The first-order valence-corrected chi connectivity index (χ1v) is 18.6. The molecule has 4 nitrogen and oxygen atoms in total. The Morgan fingerprint density at radius 3 is 2.71 bits per heavy atom. The Balaban J connectivity index is 2.01. The summed E-state index contributed by atoms with van der Waals surface area (Å²) in [6, 6.07) is 4.18. The van der Waals surface area contributed by atoms with Crippen molar-refractivity contribution in [1.82, 2.24) is 4.90 Å². The molecule has 2 heterocycles. The average molecular weight is 436 g/mol. The number of fused-ring (bicyclic) bond motifs is 1. The van der Waals surface area contributed by atoms with E-state index in [9.17, 15) is 4.79 Å². The number of benzene rings is 1.